The summed E-state index contributed by atoms with van der Waals surface area (Å²) in [6.07, 6.45) is 0. The minimum absolute atomic E-state index is 0.0989. The predicted molar refractivity (Wildman–Crippen MR) is 109 cm³/mol. The Morgan fingerprint density at radius 2 is 1.82 bits per heavy atom. The Bertz CT molecular complexity index is 892. The van der Waals surface area contributed by atoms with Gasteiger partial charge in [-0.25, -0.2) is 10.1 Å². The number of carbonyl (C=O) groups is 2. The highest BCUT2D eigenvalue weighted by Gasteiger charge is 2.33. The molecule has 0 amide bonds. The predicted octanol–water partition coefficient (Wildman–Crippen LogP) is 3.11. The van der Waals surface area contributed by atoms with Gasteiger partial charge in [0.2, 0.25) is 5.50 Å². The number of nitrogens with zero attached hydrogens (tertiary/aromatic N) is 1. The van der Waals surface area contributed by atoms with Crippen molar-refractivity contribution in [1.82, 2.24) is 10.1 Å². The summed E-state index contributed by atoms with van der Waals surface area (Å²) in [7, 11) is -3.89. The smallest absolute Gasteiger partial charge is 0.332 e. The lowest BCUT2D eigenvalue weighted by atomic mass is 9.89. The van der Waals surface area contributed by atoms with Gasteiger partial charge in [0.1, 0.15) is 10.6 Å². The number of ketones is 1. The number of anilines is 1. The van der Waals surface area contributed by atoms with E-state index in [0.29, 0.717) is 10.6 Å². The molecule has 0 spiro atoms. The van der Waals surface area contributed by atoms with Crippen molar-refractivity contribution in [2.75, 3.05) is 5.73 Å². The van der Waals surface area contributed by atoms with Crippen LogP contribution in [0, 0.1) is 5.41 Å². The number of hydrogen-bond donors (Lipinski definition) is 4. The third kappa shape index (κ3) is 6.27. The topological polar surface area (TPSA) is 156 Å². The number of nitrogen functional groups attached to an aromatic ring is 1. The van der Waals surface area contributed by atoms with Crippen LogP contribution in [0.5, 0.6) is 0 Å². The summed E-state index contributed by atoms with van der Waals surface area (Å²) >= 11 is 1.08. The van der Waals surface area contributed by atoms with Gasteiger partial charge in [0.25, 0.3) is 6.47 Å². The van der Waals surface area contributed by atoms with E-state index in [9.17, 15) is 14.3 Å². The van der Waals surface area contributed by atoms with Gasteiger partial charge in [0.05, 0.1) is 0 Å². The minimum Gasteiger partial charge on any atom is -0.483 e. The molecule has 0 bridgehead atoms. The van der Waals surface area contributed by atoms with E-state index in [2.05, 4.69) is 10.1 Å². The molecule has 9 nitrogen and oxygen atoms in total. The second-order valence-corrected chi connectivity index (χ2v) is 10.8. The maximum atomic E-state index is 12.6. The van der Waals surface area contributed by atoms with Crippen LogP contribution in [0.3, 0.4) is 0 Å². The van der Waals surface area contributed by atoms with Crippen LogP contribution in [0.15, 0.2) is 16.5 Å². The molecule has 2 rings (SSSR count). The first kappa shape index (κ1) is 24.0. The Morgan fingerprint density at radius 1 is 1.29 bits per heavy atom. The van der Waals surface area contributed by atoms with E-state index in [1.54, 1.807) is 41.5 Å². The summed E-state index contributed by atoms with van der Waals surface area (Å²) < 4.78 is 18.1. The van der Waals surface area contributed by atoms with Crippen molar-refractivity contribution < 1.29 is 28.6 Å². The van der Waals surface area contributed by atoms with E-state index >= 15 is 0 Å². The van der Waals surface area contributed by atoms with Gasteiger partial charge in [0.15, 0.2) is 16.7 Å². The fourth-order valence-electron chi connectivity index (χ4n) is 2.13. The molecular formula is C17H26N3O6PS. The second-order valence-electron chi connectivity index (χ2n) is 7.99. The first-order chi connectivity index (χ1) is 12.6. The normalized spacial score (nSPS) is 14.0. The van der Waals surface area contributed by atoms with Crippen molar-refractivity contribution in [3.8, 4) is 11.5 Å². The minimum atomic E-state index is -3.89. The van der Waals surface area contributed by atoms with Crippen LogP contribution in [-0.4, -0.2) is 32.8 Å². The highest BCUT2D eigenvalue weighted by Crippen LogP contribution is 2.40. The summed E-state index contributed by atoms with van der Waals surface area (Å²) in [5.74, 6) is 0.121. The van der Waals surface area contributed by atoms with Gasteiger partial charge in [0, 0.05) is 11.0 Å². The Labute approximate surface area is 167 Å². The number of carboxylic acid groups (broad SMARTS) is 1. The molecule has 11 heteroatoms. The molecule has 0 aliphatic heterocycles. The number of thiazole rings is 1. The molecule has 156 valence electrons. The number of Topliss-reactive ketones (excluding diaryl/α,β-unsaturated/α-hetero) is 1. The van der Waals surface area contributed by atoms with Crippen LogP contribution >= 0.6 is 18.9 Å². The van der Waals surface area contributed by atoms with E-state index in [4.69, 9.17) is 20.1 Å². The Balaban J connectivity index is 0.00000122. The largest absolute Gasteiger partial charge is 0.483 e. The molecular weight excluding hydrogens is 405 g/mol. The highest BCUT2D eigenvalue weighted by atomic mass is 32.1. The van der Waals surface area contributed by atoms with Crippen LogP contribution in [0.2, 0.25) is 0 Å². The number of carbonyl (C=O) groups excluding carboxylic acids is 1. The quantitative estimate of drug-likeness (QED) is 0.324. The highest BCUT2D eigenvalue weighted by molar-refractivity contribution is 7.63. The summed E-state index contributed by atoms with van der Waals surface area (Å²) in [6, 6.07) is 2.94. The van der Waals surface area contributed by atoms with Gasteiger partial charge in [-0.3, -0.25) is 14.2 Å². The maximum absolute atomic E-state index is 12.6. The third-order valence-corrected chi connectivity index (χ3v) is 5.84. The van der Waals surface area contributed by atoms with Gasteiger partial charge in [-0.2, -0.15) is 0 Å². The van der Waals surface area contributed by atoms with Crippen molar-refractivity contribution in [2.24, 2.45) is 5.41 Å². The number of nitrogens with two attached hydrogens (primary N) is 1. The monoisotopic (exact) mass is 431 g/mol. The van der Waals surface area contributed by atoms with Crippen LogP contribution in [-0.2, 0) is 9.36 Å². The standard InChI is InChI=1S/C16H24N3O4PS.CH2O2/c1-15(2,3)13(20)12-11(18-14(17)25-12)9-7-8-10(23-9)24(21,22)19-16(4,5)6;2-1-3/h7-8H,1-6H3,(H2,17,18)(H2,19,21,22);1H,(H,2,3). The lowest BCUT2D eigenvalue weighted by Gasteiger charge is -2.23. The van der Waals surface area contributed by atoms with E-state index < -0.39 is 18.5 Å². The fraction of sp³-hybridized carbons (Fsp3) is 0.471. The number of rotatable bonds is 4. The van der Waals surface area contributed by atoms with Crippen LogP contribution in [0.1, 0.15) is 51.2 Å². The zero-order valence-electron chi connectivity index (χ0n) is 16.6. The molecule has 0 saturated heterocycles. The molecule has 0 fully saturated rings. The number of furan rings is 1. The van der Waals surface area contributed by atoms with Crippen molar-refractivity contribution in [2.45, 2.75) is 47.1 Å². The lowest BCUT2D eigenvalue weighted by molar-refractivity contribution is -0.122. The molecule has 1 unspecified atom stereocenters. The SMILES string of the molecule is CC(C)(C)NP(=O)(O)c1ccc(-c2nc(N)sc2C(=O)C(C)(C)C)o1.O=CO. The molecule has 5 N–H and O–H groups in total. The van der Waals surface area contributed by atoms with Gasteiger partial charge in [-0.1, -0.05) is 32.1 Å². The molecule has 2 aromatic rings. The van der Waals surface area contributed by atoms with Gasteiger partial charge < -0.3 is 20.2 Å². The fourth-order valence-corrected chi connectivity index (χ4v) is 4.63. The Kier molecular flexibility index (Phi) is 7.35. The Morgan fingerprint density at radius 3 is 2.29 bits per heavy atom. The maximum Gasteiger partial charge on any atom is 0.332 e. The van der Waals surface area contributed by atoms with Crippen LogP contribution in [0.25, 0.3) is 11.5 Å². The zero-order chi connectivity index (χ0) is 21.9. The van der Waals surface area contributed by atoms with E-state index in [1.807, 2.05) is 0 Å². The zero-order valence-corrected chi connectivity index (χ0v) is 18.4. The molecule has 2 heterocycles. The van der Waals surface area contributed by atoms with Crippen molar-refractivity contribution in [3.05, 3.63) is 17.0 Å². The summed E-state index contributed by atoms with van der Waals surface area (Å²) in [5.41, 5.74) is 4.79. The van der Waals surface area contributed by atoms with Crippen LogP contribution < -0.4 is 16.3 Å². The van der Waals surface area contributed by atoms with Gasteiger partial charge in [-0.05, 0) is 32.9 Å². The molecule has 1 atom stereocenters. The van der Waals surface area contributed by atoms with E-state index in [0.717, 1.165) is 11.3 Å². The molecule has 0 aliphatic carbocycles. The van der Waals surface area contributed by atoms with E-state index in [1.165, 1.54) is 12.1 Å². The first-order valence-corrected chi connectivity index (χ1v) is 10.7. The van der Waals surface area contributed by atoms with Crippen molar-refractivity contribution >= 4 is 41.7 Å². The lowest BCUT2D eigenvalue weighted by Crippen LogP contribution is -2.35. The average Bonchev–Trinajstić information content (AvgIpc) is 3.10. The van der Waals surface area contributed by atoms with Crippen molar-refractivity contribution in [1.29, 1.82) is 0 Å². The van der Waals surface area contributed by atoms with Crippen molar-refractivity contribution in [3.63, 3.8) is 0 Å². The molecule has 2 aromatic heterocycles. The van der Waals surface area contributed by atoms with Crippen LogP contribution in [0.4, 0.5) is 5.13 Å². The third-order valence-electron chi connectivity index (χ3n) is 3.14. The summed E-state index contributed by atoms with van der Waals surface area (Å²) in [4.78, 5) is 35.8. The molecule has 0 aliphatic rings. The van der Waals surface area contributed by atoms with E-state index in [-0.39, 0.29) is 28.6 Å². The first-order valence-electron chi connectivity index (χ1n) is 8.24. The number of hydrogen-bond acceptors (Lipinski definition) is 7. The van der Waals surface area contributed by atoms with Gasteiger partial charge in [-0.15, -0.1) is 0 Å². The number of aromatic nitrogens is 1. The Hall–Kier alpha value is -2.00. The molecule has 0 aromatic carbocycles. The second kappa shape index (κ2) is 8.57. The summed E-state index contributed by atoms with van der Waals surface area (Å²) in [5, 5.41) is 9.78. The molecule has 0 saturated carbocycles. The van der Waals surface area contributed by atoms with Gasteiger partial charge >= 0.3 is 7.52 Å². The molecule has 0 radical (unpaired) electrons. The summed E-state index contributed by atoms with van der Waals surface area (Å²) in [6.45, 7) is 10.5. The number of nitrogens with one attached hydrogen (secondary N) is 1. The molecule has 28 heavy (non-hydrogen) atoms. The average molecular weight is 431 g/mol.